The number of hydrogen-bond acceptors (Lipinski definition) is 4. The number of pyridine rings is 1. The quantitative estimate of drug-likeness (QED) is 0.721. The van der Waals surface area contributed by atoms with Gasteiger partial charge in [-0.1, -0.05) is 0 Å². The molecular weight excluding hydrogens is 204 g/mol. The molecule has 0 aliphatic carbocycles. The Labute approximate surface area is 95.2 Å². The summed E-state index contributed by atoms with van der Waals surface area (Å²) in [6, 6.07) is 3.55. The zero-order valence-electron chi connectivity index (χ0n) is 9.43. The molecule has 0 N–H and O–H groups in total. The number of rotatable bonds is 4. The van der Waals surface area contributed by atoms with Crippen molar-refractivity contribution in [2.75, 3.05) is 25.1 Å². The van der Waals surface area contributed by atoms with Gasteiger partial charge in [0.05, 0.1) is 11.7 Å². The molecule has 4 heteroatoms. The molecule has 0 aromatic carbocycles. The summed E-state index contributed by atoms with van der Waals surface area (Å²) in [6.45, 7) is 1.64. The van der Waals surface area contributed by atoms with Crippen molar-refractivity contribution >= 4 is 12.1 Å². The summed E-state index contributed by atoms with van der Waals surface area (Å²) in [5.41, 5.74) is 0.628. The number of ether oxygens (including phenoxy) is 1. The molecule has 1 atom stereocenters. The van der Waals surface area contributed by atoms with Crippen molar-refractivity contribution in [1.29, 1.82) is 0 Å². The number of likely N-dealkylation sites (N-methyl/N-ethyl adjacent to an activating group) is 1. The highest BCUT2D eigenvalue weighted by atomic mass is 16.5. The molecule has 1 aromatic rings. The number of carbonyl (C=O) groups excluding carboxylic acids is 1. The van der Waals surface area contributed by atoms with E-state index in [4.69, 9.17) is 4.74 Å². The van der Waals surface area contributed by atoms with E-state index in [1.807, 2.05) is 11.9 Å². The summed E-state index contributed by atoms with van der Waals surface area (Å²) in [6.07, 6.45) is 5.03. The minimum absolute atomic E-state index is 0.270. The van der Waals surface area contributed by atoms with Crippen molar-refractivity contribution in [3.05, 3.63) is 23.9 Å². The largest absolute Gasteiger partial charge is 0.376 e. The highest BCUT2D eigenvalue weighted by Gasteiger charge is 2.19. The predicted molar refractivity (Wildman–Crippen MR) is 61.9 cm³/mol. The molecule has 0 spiro atoms. The first-order valence-electron chi connectivity index (χ1n) is 5.54. The van der Waals surface area contributed by atoms with Crippen molar-refractivity contribution in [3.63, 3.8) is 0 Å². The van der Waals surface area contributed by atoms with Crippen LogP contribution >= 0.6 is 0 Å². The summed E-state index contributed by atoms with van der Waals surface area (Å²) in [4.78, 5) is 17.1. The number of aromatic nitrogens is 1. The molecule has 0 bridgehead atoms. The third kappa shape index (κ3) is 2.39. The molecule has 1 aromatic heterocycles. The minimum atomic E-state index is 0.270. The van der Waals surface area contributed by atoms with Crippen LogP contribution in [-0.4, -0.2) is 37.6 Å². The Morgan fingerprint density at radius 2 is 2.56 bits per heavy atom. The van der Waals surface area contributed by atoms with Gasteiger partial charge in [-0.15, -0.1) is 0 Å². The molecule has 0 radical (unpaired) electrons. The standard InChI is InChI=1S/C12H16N2O2/c1-14(8-11-5-3-7-16-11)12-10(9-15)4-2-6-13-12/h2,4,6,9,11H,3,5,7-8H2,1H3. The van der Waals surface area contributed by atoms with E-state index in [-0.39, 0.29) is 6.10 Å². The van der Waals surface area contributed by atoms with Crippen LogP contribution in [0.4, 0.5) is 5.82 Å². The first-order chi connectivity index (χ1) is 7.81. The fraction of sp³-hybridized carbons (Fsp3) is 0.500. The average molecular weight is 220 g/mol. The first-order valence-corrected chi connectivity index (χ1v) is 5.54. The second kappa shape index (κ2) is 5.07. The van der Waals surface area contributed by atoms with E-state index in [0.29, 0.717) is 5.56 Å². The lowest BCUT2D eigenvalue weighted by molar-refractivity contribution is 0.111. The van der Waals surface area contributed by atoms with Crippen LogP contribution in [0, 0.1) is 0 Å². The summed E-state index contributed by atoms with van der Waals surface area (Å²) < 4.78 is 5.56. The van der Waals surface area contributed by atoms with Crippen LogP contribution in [0.15, 0.2) is 18.3 Å². The van der Waals surface area contributed by atoms with Gasteiger partial charge in [0.25, 0.3) is 0 Å². The van der Waals surface area contributed by atoms with Gasteiger partial charge in [0.2, 0.25) is 0 Å². The van der Waals surface area contributed by atoms with Crippen LogP contribution in [0.1, 0.15) is 23.2 Å². The van der Waals surface area contributed by atoms with Gasteiger partial charge in [-0.2, -0.15) is 0 Å². The molecule has 0 amide bonds. The third-order valence-electron chi connectivity index (χ3n) is 2.81. The van der Waals surface area contributed by atoms with E-state index in [2.05, 4.69) is 4.98 Å². The zero-order chi connectivity index (χ0) is 11.4. The molecule has 1 aliphatic heterocycles. The lowest BCUT2D eigenvalue weighted by Crippen LogP contribution is -2.29. The molecule has 2 heterocycles. The molecular formula is C12H16N2O2. The van der Waals surface area contributed by atoms with Gasteiger partial charge < -0.3 is 9.64 Å². The lowest BCUT2D eigenvalue weighted by atomic mass is 10.2. The monoisotopic (exact) mass is 220 g/mol. The van der Waals surface area contributed by atoms with Crippen molar-refractivity contribution in [3.8, 4) is 0 Å². The molecule has 86 valence electrons. The van der Waals surface area contributed by atoms with Gasteiger partial charge >= 0.3 is 0 Å². The molecule has 1 unspecified atom stereocenters. The summed E-state index contributed by atoms with van der Waals surface area (Å²) in [5.74, 6) is 0.730. The van der Waals surface area contributed by atoms with Gasteiger partial charge in [-0.3, -0.25) is 4.79 Å². The number of hydrogen-bond donors (Lipinski definition) is 0. The molecule has 16 heavy (non-hydrogen) atoms. The first kappa shape index (κ1) is 11.1. The van der Waals surface area contributed by atoms with Gasteiger partial charge in [-0.05, 0) is 25.0 Å². The van der Waals surface area contributed by atoms with Crippen LogP contribution in [0.2, 0.25) is 0 Å². The van der Waals surface area contributed by atoms with Crippen molar-refractivity contribution < 1.29 is 9.53 Å². The van der Waals surface area contributed by atoms with Gasteiger partial charge in [-0.25, -0.2) is 4.98 Å². The predicted octanol–water partition coefficient (Wildman–Crippen LogP) is 1.51. The van der Waals surface area contributed by atoms with Crippen LogP contribution in [-0.2, 0) is 4.74 Å². The van der Waals surface area contributed by atoms with Crippen LogP contribution < -0.4 is 4.90 Å². The van der Waals surface area contributed by atoms with Gasteiger partial charge in [0.1, 0.15) is 5.82 Å². The Balaban J connectivity index is 2.07. The Bertz CT molecular complexity index is 362. The second-order valence-electron chi connectivity index (χ2n) is 4.05. The fourth-order valence-corrected chi connectivity index (χ4v) is 2.00. The molecule has 1 saturated heterocycles. The highest BCUT2D eigenvalue weighted by molar-refractivity contribution is 5.82. The van der Waals surface area contributed by atoms with E-state index in [1.165, 1.54) is 0 Å². The maximum atomic E-state index is 10.9. The highest BCUT2D eigenvalue weighted by Crippen LogP contribution is 2.18. The molecule has 2 rings (SSSR count). The lowest BCUT2D eigenvalue weighted by Gasteiger charge is -2.22. The maximum Gasteiger partial charge on any atom is 0.153 e. The van der Waals surface area contributed by atoms with Crippen molar-refractivity contribution in [1.82, 2.24) is 4.98 Å². The fourth-order valence-electron chi connectivity index (χ4n) is 2.00. The molecule has 1 fully saturated rings. The van der Waals surface area contributed by atoms with E-state index in [0.717, 1.165) is 38.1 Å². The normalized spacial score (nSPS) is 19.7. The van der Waals surface area contributed by atoms with E-state index in [9.17, 15) is 4.79 Å². The Morgan fingerprint density at radius 1 is 1.69 bits per heavy atom. The Morgan fingerprint density at radius 3 is 3.25 bits per heavy atom. The van der Waals surface area contributed by atoms with E-state index < -0.39 is 0 Å². The maximum absolute atomic E-state index is 10.9. The summed E-state index contributed by atoms with van der Waals surface area (Å²) in [7, 11) is 1.94. The minimum Gasteiger partial charge on any atom is -0.376 e. The Hall–Kier alpha value is -1.42. The van der Waals surface area contributed by atoms with Crippen molar-refractivity contribution in [2.45, 2.75) is 18.9 Å². The van der Waals surface area contributed by atoms with E-state index in [1.54, 1.807) is 18.3 Å². The van der Waals surface area contributed by atoms with E-state index >= 15 is 0 Å². The zero-order valence-corrected chi connectivity index (χ0v) is 9.43. The molecule has 4 nitrogen and oxygen atoms in total. The number of carbonyl (C=O) groups is 1. The number of anilines is 1. The van der Waals surface area contributed by atoms with Gasteiger partial charge in [0.15, 0.2) is 6.29 Å². The number of nitrogens with zero attached hydrogens (tertiary/aromatic N) is 2. The van der Waals surface area contributed by atoms with Crippen LogP contribution in [0.3, 0.4) is 0 Å². The van der Waals surface area contributed by atoms with Crippen molar-refractivity contribution in [2.24, 2.45) is 0 Å². The second-order valence-corrected chi connectivity index (χ2v) is 4.05. The molecule has 1 aliphatic rings. The third-order valence-corrected chi connectivity index (χ3v) is 2.81. The SMILES string of the molecule is CN(CC1CCCO1)c1ncccc1C=O. The Kier molecular flexibility index (Phi) is 3.51. The molecule has 0 saturated carbocycles. The number of aldehydes is 1. The van der Waals surface area contributed by atoms with Crippen LogP contribution in [0.25, 0.3) is 0 Å². The smallest absolute Gasteiger partial charge is 0.153 e. The summed E-state index contributed by atoms with van der Waals surface area (Å²) in [5, 5.41) is 0. The van der Waals surface area contributed by atoms with Crippen LogP contribution in [0.5, 0.6) is 0 Å². The van der Waals surface area contributed by atoms with Gasteiger partial charge in [0, 0.05) is 26.4 Å². The topological polar surface area (TPSA) is 42.4 Å². The average Bonchev–Trinajstić information content (AvgIpc) is 2.81. The summed E-state index contributed by atoms with van der Waals surface area (Å²) >= 11 is 0.